The molecule has 2 saturated carbocycles. The van der Waals surface area contributed by atoms with Crippen LogP contribution in [0.1, 0.15) is 58.3 Å². The van der Waals surface area contributed by atoms with Gasteiger partial charge in [-0.2, -0.15) is 0 Å². The van der Waals surface area contributed by atoms with Crippen molar-refractivity contribution >= 4 is 11.6 Å². The van der Waals surface area contributed by atoms with Gasteiger partial charge in [0, 0.05) is 30.2 Å². The third-order valence-electron chi connectivity index (χ3n) is 7.71. The van der Waals surface area contributed by atoms with Gasteiger partial charge >= 0.3 is 0 Å². The van der Waals surface area contributed by atoms with Crippen LogP contribution in [0.2, 0.25) is 0 Å². The number of anilines is 1. The minimum Gasteiger partial charge on any atom is -0.378 e. The molecule has 0 saturated heterocycles. The smallest absolute Gasteiger partial charge is 0.251 e. The van der Waals surface area contributed by atoms with Crippen molar-refractivity contribution < 1.29 is 4.79 Å². The van der Waals surface area contributed by atoms with Gasteiger partial charge in [0.1, 0.15) is 0 Å². The zero-order valence-electron chi connectivity index (χ0n) is 17.5. The van der Waals surface area contributed by atoms with Gasteiger partial charge in [0.2, 0.25) is 0 Å². The Labute approximate surface area is 183 Å². The SMILES string of the molecule is O=C(NCc1ccncc1)c1ccc2c(c1)[C@H]1[C@H]3CC[C@H](C3)[C@H]1[C@@H](c1ccccc1)N2. The molecule has 5 atom stereocenters. The van der Waals surface area contributed by atoms with Gasteiger partial charge in [-0.25, -0.2) is 0 Å². The van der Waals surface area contributed by atoms with Crippen LogP contribution in [0, 0.1) is 17.8 Å². The van der Waals surface area contributed by atoms with Gasteiger partial charge in [-0.3, -0.25) is 9.78 Å². The van der Waals surface area contributed by atoms with Crippen molar-refractivity contribution in [3.05, 3.63) is 95.3 Å². The van der Waals surface area contributed by atoms with E-state index in [2.05, 4.69) is 58.1 Å². The summed E-state index contributed by atoms with van der Waals surface area (Å²) in [5, 5.41) is 6.92. The highest BCUT2D eigenvalue weighted by molar-refractivity contribution is 5.95. The summed E-state index contributed by atoms with van der Waals surface area (Å²) in [5.41, 5.74) is 5.75. The Balaban J connectivity index is 1.30. The second kappa shape index (κ2) is 7.52. The van der Waals surface area contributed by atoms with Crippen LogP contribution < -0.4 is 10.6 Å². The predicted molar refractivity (Wildman–Crippen MR) is 122 cm³/mol. The lowest BCUT2D eigenvalue weighted by Crippen LogP contribution is -2.35. The summed E-state index contributed by atoms with van der Waals surface area (Å²) < 4.78 is 0. The van der Waals surface area contributed by atoms with Gasteiger partial charge in [0.25, 0.3) is 5.91 Å². The highest BCUT2D eigenvalue weighted by atomic mass is 16.1. The van der Waals surface area contributed by atoms with E-state index < -0.39 is 0 Å². The zero-order valence-corrected chi connectivity index (χ0v) is 17.5. The van der Waals surface area contributed by atoms with Crippen molar-refractivity contribution in [3.8, 4) is 0 Å². The van der Waals surface area contributed by atoms with Crippen LogP contribution in [0.5, 0.6) is 0 Å². The molecule has 2 aliphatic carbocycles. The van der Waals surface area contributed by atoms with Crippen LogP contribution in [0.25, 0.3) is 0 Å². The van der Waals surface area contributed by atoms with Gasteiger partial charge in [0.05, 0.1) is 6.04 Å². The summed E-state index contributed by atoms with van der Waals surface area (Å²) in [6.07, 6.45) is 7.51. The lowest BCUT2D eigenvalue weighted by molar-refractivity contribution is 0.0950. The Hall–Kier alpha value is -3.14. The maximum Gasteiger partial charge on any atom is 0.251 e. The molecule has 2 heterocycles. The first-order chi connectivity index (χ1) is 15.3. The van der Waals surface area contributed by atoms with E-state index in [1.54, 1.807) is 12.4 Å². The van der Waals surface area contributed by atoms with Crippen LogP contribution >= 0.6 is 0 Å². The first kappa shape index (κ1) is 18.6. The lowest BCUT2D eigenvalue weighted by atomic mass is 9.68. The maximum atomic E-state index is 12.9. The van der Waals surface area contributed by atoms with E-state index in [9.17, 15) is 4.79 Å². The fraction of sp³-hybridized carbons (Fsp3) is 0.333. The van der Waals surface area contributed by atoms with Gasteiger partial charge in [-0.1, -0.05) is 30.3 Å². The summed E-state index contributed by atoms with van der Waals surface area (Å²) in [6.45, 7) is 0.517. The van der Waals surface area contributed by atoms with E-state index in [1.165, 1.54) is 36.1 Å². The number of fused-ring (bicyclic) bond motifs is 7. The average molecular weight is 410 g/mol. The fourth-order valence-electron chi connectivity index (χ4n) is 6.40. The van der Waals surface area contributed by atoms with E-state index in [1.807, 2.05) is 18.2 Å². The number of benzene rings is 2. The van der Waals surface area contributed by atoms with Gasteiger partial charge in [-0.05, 0) is 90.0 Å². The Kier molecular flexibility index (Phi) is 4.52. The molecule has 1 aromatic heterocycles. The molecule has 3 aliphatic rings. The Morgan fingerprint density at radius 3 is 2.65 bits per heavy atom. The van der Waals surface area contributed by atoms with Crippen molar-refractivity contribution in [2.45, 2.75) is 37.8 Å². The molecule has 2 bridgehead atoms. The largest absolute Gasteiger partial charge is 0.378 e. The lowest BCUT2D eigenvalue weighted by Gasteiger charge is -2.43. The monoisotopic (exact) mass is 409 g/mol. The third kappa shape index (κ3) is 3.21. The van der Waals surface area contributed by atoms with Crippen LogP contribution in [0.15, 0.2) is 73.1 Å². The van der Waals surface area contributed by atoms with Crippen molar-refractivity contribution in [2.75, 3.05) is 5.32 Å². The molecule has 31 heavy (non-hydrogen) atoms. The fourth-order valence-corrected chi connectivity index (χ4v) is 6.40. The van der Waals surface area contributed by atoms with E-state index in [-0.39, 0.29) is 5.91 Å². The molecule has 3 aromatic rings. The van der Waals surface area contributed by atoms with E-state index in [0.29, 0.717) is 24.4 Å². The van der Waals surface area contributed by atoms with E-state index in [4.69, 9.17) is 0 Å². The minimum atomic E-state index is -0.00972. The number of hydrogen-bond acceptors (Lipinski definition) is 3. The van der Waals surface area contributed by atoms with Gasteiger partial charge in [-0.15, -0.1) is 0 Å². The van der Waals surface area contributed by atoms with Crippen LogP contribution in [-0.4, -0.2) is 10.9 Å². The van der Waals surface area contributed by atoms with Gasteiger partial charge in [0.15, 0.2) is 0 Å². The molecule has 4 heteroatoms. The Morgan fingerprint density at radius 1 is 1.00 bits per heavy atom. The molecular weight excluding hydrogens is 382 g/mol. The van der Waals surface area contributed by atoms with Crippen molar-refractivity contribution in [1.82, 2.24) is 10.3 Å². The summed E-state index contributed by atoms with van der Waals surface area (Å²) in [4.78, 5) is 16.9. The number of pyridine rings is 1. The molecule has 2 N–H and O–H groups in total. The second-order valence-electron chi connectivity index (χ2n) is 9.31. The normalized spacial score (nSPS) is 27.8. The first-order valence-electron chi connectivity index (χ1n) is 11.4. The van der Waals surface area contributed by atoms with Crippen molar-refractivity contribution in [2.24, 2.45) is 17.8 Å². The van der Waals surface area contributed by atoms with Crippen molar-refractivity contribution in [1.29, 1.82) is 0 Å². The molecule has 6 rings (SSSR count). The number of nitrogens with zero attached hydrogens (tertiary/aromatic N) is 1. The molecule has 0 unspecified atom stereocenters. The highest BCUT2D eigenvalue weighted by Crippen LogP contribution is 2.63. The van der Waals surface area contributed by atoms with E-state index >= 15 is 0 Å². The molecule has 1 aliphatic heterocycles. The number of carbonyl (C=O) groups excluding carboxylic acids is 1. The molecule has 2 fully saturated rings. The number of nitrogens with one attached hydrogen (secondary N) is 2. The number of carbonyl (C=O) groups is 1. The molecular formula is C27H27N3O. The zero-order chi connectivity index (χ0) is 20.8. The number of rotatable bonds is 4. The summed E-state index contributed by atoms with van der Waals surface area (Å²) in [6, 6.07) is 21.4. The standard InChI is InChI=1S/C27H27N3O/c31-27(29-16-17-10-12-28-13-11-17)21-8-9-23-22(15-21)24-19-6-7-20(14-19)25(24)26(30-23)18-4-2-1-3-5-18/h1-5,8-13,15,19-20,24-26,30H,6-7,14,16H2,(H,29,31)/t19-,20+,24+,25+,26+/m0/s1. The second-order valence-corrected chi connectivity index (χ2v) is 9.31. The molecule has 0 radical (unpaired) electrons. The highest BCUT2D eigenvalue weighted by Gasteiger charge is 2.53. The number of aromatic nitrogens is 1. The predicted octanol–water partition coefficient (Wildman–Crippen LogP) is 5.31. The third-order valence-corrected chi connectivity index (χ3v) is 7.71. The summed E-state index contributed by atoms with van der Waals surface area (Å²) in [5.74, 6) is 2.68. The van der Waals surface area contributed by atoms with Crippen LogP contribution in [0.4, 0.5) is 5.69 Å². The molecule has 1 amide bonds. The number of hydrogen-bond donors (Lipinski definition) is 2. The number of amides is 1. The quantitative estimate of drug-likeness (QED) is 0.614. The minimum absolute atomic E-state index is 0.00972. The first-order valence-corrected chi connectivity index (χ1v) is 11.4. The van der Waals surface area contributed by atoms with Crippen molar-refractivity contribution in [3.63, 3.8) is 0 Å². The van der Waals surface area contributed by atoms with E-state index in [0.717, 1.165) is 23.0 Å². The summed E-state index contributed by atoms with van der Waals surface area (Å²) in [7, 11) is 0. The maximum absolute atomic E-state index is 12.9. The summed E-state index contributed by atoms with van der Waals surface area (Å²) >= 11 is 0. The topological polar surface area (TPSA) is 54.0 Å². The average Bonchev–Trinajstić information content (AvgIpc) is 3.46. The van der Waals surface area contributed by atoms with Gasteiger partial charge < -0.3 is 10.6 Å². The molecule has 156 valence electrons. The molecule has 4 nitrogen and oxygen atoms in total. The molecule has 2 aromatic carbocycles. The van der Waals surface area contributed by atoms with Crippen LogP contribution in [0.3, 0.4) is 0 Å². The molecule has 0 spiro atoms. The van der Waals surface area contributed by atoms with Crippen LogP contribution in [-0.2, 0) is 6.54 Å². The Bertz CT molecular complexity index is 1100. The Morgan fingerprint density at radius 2 is 1.81 bits per heavy atom.